The molecule has 1 heteroatoms. The normalized spacial score (nSPS) is 11.2. The van der Waals surface area contributed by atoms with Gasteiger partial charge >= 0.3 is 0 Å². The van der Waals surface area contributed by atoms with Crippen LogP contribution in [-0.4, -0.2) is 19.0 Å². The van der Waals surface area contributed by atoms with E-state index < -0.39 is 0 Å². The predicted octanol–water partition coefficient (Wildman–Crippen LogP) is 3.16. The van der Waals surface area contributed by atoms with Crippen LogP contribution in [-0.2, 0) is 6.54 Å². The monoisotopic (exact) mass is 199 g/mol. The Bertz CT molecular complexity index is 398. The maximum absolute atomic E-state index is 2.23. The van der Waals surface area contributed by atoms with Gasteiger partial charge in [0.25, 0.3) is 0 Å². The van der Waals surface area contributed by atoms with Crippen molar-refractivity contribution < 1.29 is 0 Å². The van der Waals surface area contributed by atoms with E-state index in [2.05, 4.69) is 62.3 Å². The van der Waals surface area contributed by atoms with Gasteiger partial charge in [-0.2, -0.15) is 0 Å². The van der Waals surface area contributed by atoms with Gasteiger partial charge < -0.3 is 4.90 Å². The van der Waals surface area contributed by atoms with E-state index in [-0.39, 0.29) is 0 Å². The number of nitrogens with zero attached hydrogens (tertiary/aromatic N) is 1. The van der Waals surface area contributed by atoms with Crippen molar-refractivity contribution in [1.82, 2.24) is 4.90 Å². The maximum Gasteiger partial charge on any atom is 0.0227 e. The number of hydrogen-bond acceptors (Lipinski definition) is 1. The second-order valence-electron chi connectivity index (χ2n) is 4.42. The molecule has 15 heavy (non-hydrogen) atoms. The minimum atomic E-state index is 0.996. The highest BCUT2D eigenvalue weighted by atomic mass is 15.0. The van der Waals surface area contributed by atoms with Gasteiger partial charge in [0.1, 0.15) is 0 Å². The molecule has 2 rings (SSSR count). The molecular weight excluding hydrogens is 182 g/mol. The van der Waals surface area contributed by atoms with Gasteiger partial charge in [-0.15, -0.1) is 0 Å². The summed E-state index contributed by atoms with van der Waals surface area (Å²) < 4.78 is 0. The van der Waals surface area contributed by atoms with E-state index >= 15 is 0 Å². The van der Waals surface area contributed by atoms with E-state index in [1.54, 1.807) is 0 Å². The fourth-order valence-electron chi connectivity index (χ4n) is 1.91. The number of fused-ring (bicyclic) bond motifs is 1. The Morgan fingerprint density at radius 3 is 1.93 bits per heavy atom. The Morgan fingerprint density at radius 2 is 1.47 bits per heavy atom. The third-order valence-electron chi connectivity index (χ3n) is 2.55. The Labute approximate surface area is 91.7 Å². The molecule has 0 heterocycles. The average Bonchev–Trinajstić information content (AvgIpc) is 2.41. The molecule has 0 saturated carbocycles. The van der Waals surface area contributed by atoms with E-state index in [9.17, 15) is 0 Å². The van der Waals surface area contributed by atoms with Crippen LogP contribution in [0.4, 0.5) is 0 Å². The lowest BCUT2D eigenvalue weighted by atomic mass is 10.2. The lowest BCUT2D eigenvalue weighted by molar-refractivity contribution is 0.402. The summed E-state index contributed by atoms with van der Waals surface area (Å²) in [6, 6.07) is 13.3. The van der Waals surface area contributed by atoms with Crippen LogP contribution in [0.1, 0.15) is 11.1 Å². The van der Waals surface area contributed by atoms with Gasteiger partial charge in [-0.3, -0.25) is 0 Å². The quantitative estimate of drug-likeness (QED) is 0.718. The third-order valence-corrected chi connectivity index (χ3v) is 2.55. The fraction of sp³-hybridized carbons (Fsp3) is 0.286. The summed E-state index contributed by atoms with van der Waals surface area (Å²) in [5, 5.41) is 0. The standard InChI is InChI=1S/C14H17N/c1-11-8-13-6-4-12(10-15(2)3)5-7-14(13)9-11/h4-9H,10H2,1-3H3. The molecule has 2 aliphatic carbocycles. The third kappa shape index (κ3) is 2.37. The molecule has 0 N–H and O–H groups in total. The van der Waals surface area contributed by atoms with Crippen LogP contribution in [0, 0.1) is 6.92 Å². The van der Waals surface area contributed by atoms with E-state index in [0.717, 1.165) is 6.54 Å². The molecule has 0 amide bonds. The van der Waals surface area contributed by atoms with Crippen LogP contribution >= 0.6 is 0 Å². The lowest BCUT2D eigenvalue weighted by Crippen LogP contribution is -2.09. The molecule has 78 valence electrons. The lowest BCUT2D eigenvalue weighted by Gasteiger charge is -2.07. The van der Waals surface area contributed by atoms with E-state index in [1.807, 2.05) is 0 Å². The van der Waals surface area contributed by atoms with Gasteiger partial charge in [-0.1, -0.05) is 36.4 Å². The summed E-state index contributed by atoms with van der Waals surface area (Å²) in [4.78, 5) is 2.19. The molecule has 0 aliphatic heterocycles. The van der Waals surface area contributed by atoms with Crippen molar-refractivity contribution in [2.45, 2.75) is 13.5 Å². The summed E-state index contributed by atoms with van der Waals surface area (Å²) >= 11 is 0. The molecule has 0 spiro atoms. The largest absolute Gasteiger partial charge is 0.305 e. The van der Waals surface area contributed by atoms with Gasteiger partial charge in [-0.25, -0.2) is 0 Å². The van der Waals surface area contributed by atoms with Crippen molar-refractivity contribution >= 4 is 0 Å². The first kappa shape index (κ1) is 10.2. The Balaban J connectivity index is 2.39. The molecule has 0 aromatic carbocycles. The first-order valence-corrected chi connectivity index (χ1v) is 5.29. The van der Waals surface area contributed by atoms with Crippen molar-refractivity contribution in [3.63, 3.8) is 0 Å². The van der Waals surface area contributed by atoms with Crippen molar-refractivity contribution in [3.05, 3.63) is 47.5 Å². The van der Waals surface area contributed by atoms with Crippen molar-refractivity contribution in [3.8, 4) is 11.1 Å². The molecule has 0 radical (unpaired) electrons. The first-order chi connectivity index (χ1) is 7.15. The topological polar surface area (TPSA) is 3.24 Å². The molecule has 0 bridgehead atoms. The van der Waals surface area contributed by atoms with Gasteiger partial charge in [0.15, 0.2) is 0 Å². The number of aryl methyl sites for hydroxylation is 1. The highest BCUT2D eigenvalue weighted by Crippen LogP contribution is 2.24. The van der Waals surface area contributed by atoms with Crippen LogP contribution in [0.2, 0.25) is 0 Å². The maximum atomic E-state index is 2.23. The zero-order valence-corrected chi connectivity index (χ0v) is 9.62. The van der Waals surface area contributed by atoms with Gasteiger partial charge in [0.2, 0.25) is 0 Å². The minimum absolute atomic E-state index is 0.996. The summed E-state index contributed by atoms with van der Waals surface area (Å²) in [6.45, 7) is 3.14. The highest BCUT2D eigenvalue weighted by molar-refractivity contribution is 5.68. The Kier molecular flexibility index (Phi) is 2.74. The van der Waals surface area contributed by atoms with Crippen LogP contribution < -0.4 is 0 Å². The van der Waals surface area contributed by atoms with Gasteiger partial charge in [0, 0.05) is 6.54 Å². The van der Waals surface area contributed by atoms with Crippen LogP contribution in [0.5, 0.6) is 0 Å². The molecular formula is C14H17N. The molecule has 0 saturated heterocycles. The predicted molar refractivity (Wildman–Crippen MR) is 65.2 cm³/mol. The van der Waals surface area contributed by atoms with Crippen LogP contribution in [0.25, 0.3) is 11.1 Å². The number of hydrogen-bond donors (Lipinski definition) is 0. The smallest absolute Gasteiger partial charge is 0.0227 e. The zero-order chi connectivity index (χ0) is 10.8. The molecule has 0 aromatic rings. The number of rotatable bonds is 2. The van der Waals surface area contributed by atoms with Gasteiger partial charge in [0.05, 0.1) is 0 Å². The first-order valence-electron chi connectivity index (χ1n) is 5.29. The summed E-state index contributed by atoms with van der Waals surface area (Å²) in [5.74, 6) is 0. The highest BCUT2D eigenvalue weighted by Gasteiger charge is 2.02. The molecule has 0 unspecified atom stereocenters. The van der Waals surface area contributed by atoms with Crippen LogP contribution in [0.3, 0.4) is 0 Å². The Hall–Kier alpha value is -1.34. The van der Waals surface area contributed by atoms with E-state index in [0.29, 0.717) is 0 Å². The SMILES string of the molecule is Cc1cc2ccc(CN(C)C)ccc-2c1. The second kappa shape index (κ2) is 4.03. The van der Waals surface area contributed by atoms with Crippen molar-refractivity contribution in [2.75, 3.05) is 14.1 Å². The summed E-state index contributed by atoms with van der Waals surface area (Å²) in [5.41, 5.74) is 5.36. The average molecular weight is 199 g/mol. The second-order valence-corrected chi connectivity index (χ2v) is 4.42. The molecule has 0 atom stereocenters. The van der Waals surface area contributed by atoms with Crippen LogP contribution in [0.15, 0.2) is 36.4 Å². The molecule has 1 nitrogen and oxygen atoms in total. The molecule has 0 aromatic heterocycles. The van der Waals surface area contributed by atoms with Crippen molar-refractivity contribution in [1.29, 1.82) is 0 Å². The Morgan fingerprint density at radius 1 is 0.933 bits per heavy atom. The van der Waals surface area contributed by atoms with E-state index in [1.165, 1.54) is 22.3 Å². The summed E-state index contributed by atoms with van der Waals surface area (Å²) in [6.07, 6.45) is 0. The molecule has 0 fully saturated rings. The molecule has 2 aliphatic rings. The van der Waals surface area contributed by atoms with Crippen molar-refractivity contribution in [2.24, 2.45) is 0 Å². The minimum Gasteiger partial charge on any atom is -0.305 e. The van der Waals surface area contributed by atoms with E-state index in [4.69, 9.17) is 0 Å². The summed E-state index contributed by atoms with van der Waals surface area (Å²) in [7, 11) is 4.19. The van der Waals surface area contributed by atoms with Gasteiger partial charge in [-0.05, 0) is 43.3 Å². The zero-order valence-electron chi connectivity index (χ0n) is 9.62. The fourth-order valence-corrected chi connectivity index (χ4v) is 1.91.